The SMILES string of the molecule is CCCNCCCC(C)N1CCCC(SC)CC1. The quantitative estimate of drug-likeness (QED) is 0.682. The third kappa shape index (κ3) is 6.44. The van der Waals surface area contributed by atoms with E-state index >= 15 is 0 Å². The van der Waals surface area contributed by atoms with E-state index in [1.165, 1.54) is 64.7 Å². The third-order valence-corrected chi connectivity index (χ3v) is 5.21. The van der Waals surface area contributed by atoms with Crippen LogP contribution >= 0.6 is 11.8 Å². The first-order valence-electron chi connectivity index (χ1n) is 7.75. The summed E-state index contributed by atoms with van der Waals surface area (Å²) in [5.41, 5.74) is 0. The molecule has 2 atom stereocenters. The average molecular weight is 273 g/mol. The fourth-order valence-corrected chi connectivity index (χ4v) is 3.51. The summed E-state index contributed by atoms with van der Waals surface area (Å²) in [6, 6.07) is 0.772. The topological polar surface area (TPSA) is 15.3 Å². The highest BCUT2D eigenvalue weighted by molar-refractivity contribution is 7.99. The van der Waals surface area contributed by atoms with Crippen LogP contribution in [0, 0.1) is 0 Å². The van der Waals surface area contributed by atoms with Crippen molar-refractivity contribution in [3.63, 3.8) is 0 Å². The molecule has 1 aliphatic rings. The van der Waals surface area contributed by atoms with Gasteiger partial charge in [0, 0.05) is 11.3 Å². The molecule has 1 aliphatic heterocycles. The molecule has 0 aromatic carbocycles. The van der Waals surface area contributed by atoms with Crippen molar-refractivity contribution in [3.05, 3.63) is 0 Å². The highest BCUT2D eigenvalue weighted by atomic mass is 32.2. The minimum Gasteiger partial charge on any atom is -0.317 e. The van der Waals surface area contributed by atoms with Crippen LogP contribution in [0.3, 0.4) is 0 Å². The smallest absolute Gasteiger partial charge is 0.00674 e. The predicted octanol–water partition coefficient (Wildman–Crippen LogP) is 3.37. The second kappa shape index (κ2) is 10.1. The lowest BCUT2D eigenvalue weighted by Gasteiger charge is -2.27. The van der Waals surface area contributed by atoms with Crippen LogP contribution in [0.25, 0.3) is 0 Å². The molecule has 0 spiro atoms. The van der Waals surface area contributed by atoms with Gasteiger partial charge in [-0.15, -0.1) is 0 Å². The van der Waals surface area contributed by atoms with Crippen LogP contribution in [-0.2, 0) is 0 Å². The molecule has 2 unspecified atom stereocenters. The molecule has 3 heteroatoms. The summed E-state index contributed by atoms with van der Waals surface area (Å²) in [5.74, 6) is 0. The lowest BCUT2D eigenvalue weighted by Crippen LogP contribution is -2.34. The minimum absolute atomic E-state index is 0.772. The molecular formula is C15H32N2S. The van der Waals surface area contributed by atoms with Crippen LogP contribution in [0.4, 0.5) is 0 Å². The van der Waals surface area contributed by atoms with E-state index in [0.29, 0.717) is 0 Å². The molecule has 0 radical (unpaired) electrons. The van der Waals surface area contributed by atoms with E-state index in [4.69, 9.17) is 0 Å². The minimum atomic E-state index is 0.772. The monoisotopic (exact) mass is 272 g/mol. The number of rotatable bonds is 8. The van der Waals surface area contributed by atoms with Crippen LogP contribution in [0.1, 0.15) is 52.4 Å². The van der Waals surface area contributed by atoms with Crippen molar-refractivity contribution in [2.45, 2.75) is 63.7 Å². The van der Waals surface area contributed by atoms with Gasteiger partial charge in [-0.2, -0.15) is 11.8 Å². The van der Waals surface area contributed by atoms with Gasteiger partial charge in [0.1, 0.15) is 0 Å². The Morgan fingerprint density at radius 2 is 2.11 bits per heavy atom. The maximum absolute atomic E-state index is 3.50. The van der Waals surface area contributed by atoms with Crippen molar-refractivity contribution in [1.29, 1.82) is 0 Å². The lowest BCUT2D eigenvalue weighted by atomic mass is 10.1. The van der Waals surface area contributed by atoms with Crippen molar-refractivity contribution in [1.82, 2.24) is 10.2 Å². The highest BCUT2D eigenvalue weighted by Crippen LogP contribution is 2.22. The van der Waals surface area contributed by atoms with Crippen LogP contribution in [0.15, 0.2) is 0 Å². The van der Waals surface area contributed by atoms with Crippen molar-refractivity contribution in [3.8, 4) is 0 Å². The number of likely N-dealkylation sites (tertiary alicyclic amines) is 1. The molecular weight excluding hydrogens is 240 g/mol. The standard InChI is InChI=1S/C15H32N2S/c1-4-10-16-11-5-7-14(2)17-12-6-8-15(18-3)9-13-17/h14-16H,4-13H2,1-3H3. The molecule has 1 N–H and O–H groups in total. The number of thioether (sulfide) groups is 1. The van der Waals surface area contributed by atoms with Crippen molar-refractivity contribution in [2.75, 3.05) is 32.4 Å². The van der Waals surface area contributed by atoms with E-state index in [-0.39, 0.29) is 0 Å². The first-order chi connectivity index (χ1) is 8.77. The van der Waals surface area contributed by atoms with E-state index in [0.717, 1.165) is 11.3 Å². The van der Waals surface area contributed by atoms with Gasteiger partial charge in [-0.05, 0) is 77.9 Å². The summed E-state index contributed by atoms with van der Waals surface area (Å²) in [4.78, 5) is 2.72. The molecule has 1 fully saturated rings. The van der Waals surface area contributed by atoms with Gasteiger partial charge in [-0.1, -0.05) is 6.92 Å². The summed E-state index contributed by atoms with van der Waals surface area (Å²) in [6.45, 7) is 9.65. The van der Waals surface area contributed by atoms with Gasteiger partial charge in [-0.25, -0.2) is 0 Å². The van der Waals surface area contributed by atoms with Crippen molar-refractivity contribution >= 4 is 11.8 Å². The molecule has 0 saturated carbocycles. The van der Waals surface area contributed by atoms with Gasteiger partial charge < -0.3 is 10.2 Å². The fourth-order valence-electron chi connectivity index (χ4n) is 2.77. The molecule has 1 saturated heterocycles. The Kier molecular flexibility index (Phi) is 9.16. The van der Waals surface area contributed by atoms with Gasteiger partial charge in [-0.3, -0.25) is 0 Å². The average Bonchev–Trinajstić information content (AvgIpc) is 2.63. The van der Waals surface area contributed by atoms with E-state index in [1.807, 2.05) is 0 Å². The van der Waals surface area contributed by atoms with Crippen LogP contribution < -0.4 is 5.32 Å². The van der Waals surface area contributed by atoms with Crippen LogP contribution in [0.5, 0.6) is 0 Å². The Morgan fingerprint density at radius 3 is 2.83 bits per heavy atom. The van der Waals surface area contributed by atoms with E-state index in [9.17, 15) is 0 Å². The van der Waals surface area contributed by atoms with E-state index in [1.54, 1.807) is 0 Å². The van der Waals surface area contributed by atoms with E-state index < -0.39 is 0 Å². The molecule has 1 rings (SSSR count). The molecule has 0 amide bonds. The van der Waals surface area contributed by atoms with Gasteiger partial charge in [0.05, 0.1) is 0 Å². The number of nitrogens with zero attached hydrogens (tertiary/aromatic N) is 1. The maximum atomic E-state index is 3.50. The zero-order valence-electron chi connectivity index (χ0n) is 12.6. The predicted molar refractivity (Wildman–Crippen MR) is 84.6 cm³/mol. The number of hydrogen-bond acceptors (Lipinski definition) is 3. The Bertz CT molecular complexity index is 199. The normalized spacial score (nSPS) is 23.8. The highest BCUT2D eigenvalue weighted by Gasteiger charge is 2.19. The van der Waals surface area contributed by atoms with Crippen LogP contribution in [-0.4, -0.2) is 48.6 Å². The summed E-state index contributed by atoms with van der Waals surface area (Å²) in [7, 11) is 0. The Balaban J connectivity index is 2.14. The summed E-state index contributed by atoms with van der Waals surface area (Å²) in [6.07, 6.45) is 10.4. The van der Waals surface area contributed by atoms with Crippen molar-refractivity contribution in [2.24, 2.45) is 0 Å². The Morgan fingerprint density at radius 1 is 1.28 bits per heavy atom. The molecule has 108 valence electrons. The molecule has 0 bridgehead atoms. The Hall–Kier alpha value is 0.270. The maximum Gasteiger partial charge on any atom is 0.00674 e. The second-order valence-corrected chi connectivity index (χ2v) is 6.70. The summed E-state index contributed by atoms with van der Waals surface area (Å²) < 4.78 is 0. The van der Waals surface area contributed by atoms with Gasteiger partial charge in [0.25, 0.3) is 0 Å². The zero-order valence-corrected chi connectivity index (χ0v) is 13.4. The number of nitrogens with one attached hydrogen (secondary N) is 1. The molecule has 2 nitrogen and oxygen atoms in total. The zero-order chi connectivity index (χ0) is 13.2. The van der Waals surface area contributed by atoms with Gasteiger partial charge in [0.15, 0.2) is 0 Å². The summed E-state index contributed by atoms with van der Waals surface area (Å²) in [5, 5.41) is 4.41. The lowest BCUT2D eigenvalue weighted by molar-refractivity contribution is 0.205. The third-order valence-electron chi connectivity index (χ3n) is 4.07. The number of hydrogen-bond donors (Lipinski definition) is 1. The fraction of sp³-hybridized carbons (Fsp3) is 1.00. The van der Waals surface area contributed by atoms with Crippen LogP contribution in [0.2, 0.25) is 0 Å². The summed E-state index contributed by atoms with van der Waals surface area (Å²) >= 11 is 2.06. The van der Waals surface area contributed by atoms with Gasteiger partial charge >= 0.3 is 0 Å². The van der Waals surface area contributed by atoms with Crippen molar-refractivity contribution < 1.29 is 0 Å². The Labute approximate surface area is 118 Å². The largest absolute Gasteiger partial charge is 0.317 e. The van der Waals surface area contributed by atoms with E-state index in [2.05, 4.69) is 42.1 Å². The second-order valence-electron chi connectivity index (χ2n) is 5.57. The molecule has 1 heterocycles. The first-order valence-corrected chi connectivity index (χ1v) is 9.04. The molecule has 0 aliphatic carbocycles. The molecule has 0 aromatic rings. The first kappa shape index (κ1) is 16.3. The van der Waals surface area contributed by atoms with Gasteiger partial charge in [0.2, 0.25) is 0 Å². The molecule has 18 heavy (non-hydrogen) atoms. The molecule has 0 aromatic heterocycles.